The van der Waals surface area contributed by atoms with Gasteiger partial charge in [0, 0.05) is 17.8 Å². The molecule has 0 saturated heterocycles. The second kappa shape index (κ2) is 10.0. The van der Waals surface area contributed by atoms with Crippen LogP contribution in [0.2, 0.25) is 0 Å². The molecule has 0 fully saturated rings. The van der Waals surface area contributed by atoms with Crippen molar-refractivity contribution in [1.29, 1.82) is 0 Å². The van der Waals surface area contributed by atoms with Crippen LogP contribution in [0.25, 0.3) is 0 Å². The van der Waals surface area contributed by atoms with E-state index in [9.17, 15) is 0 Å². The van der Waals surface area contributed by atoms with Crippen LogP contribution < -0.4 is 20.5 Å². The largest absolute Gasteiger partial charge is 0.493 e. The number of ether oxygens (including phenoxy) is 2. The molecule has 6 nitrogen and oxygen atoms in total. The first-order chi connectivity index (χ1) is 11.5. The Hall–Kier alpha value is -1.95. The van der Waals surface area contributed by atoms with Crippen molar-refractivity contribution >= 4 is 11.6 Å². The Morgan fingerprint density at radius 1 is 1.17 bits per heavy atom. The van der Waals surface area contributed by atoms with Crippen molar-refractivity contribution in [3.8, 4) is 11.5 Å². The molecular formula is C18H32N4O2. The van der Waals surface area contributed by atoms with Gasteiger partial charge in [0.1, 0.15) is 0 Å². The molecule has 24 heavy (non-hydrogen) atoms. The van der Waals surface area contributed by atoms with Gasteiger partial charge in [-0.2, -0.15) is 0 Å². The molecule has 0 aliphatic rings. The molecule has 0 radical (unpaired) electrons. The number of hydrogen-bond donors (Lipinski definition) is 2. The number of guanidine groups is 1. The summed E-state index contributed by atoms with van der Waals surface area (Å²) in [7, 11) is 7.41. The molecule has 0 spiro atoms. The van der Waals surface area contributed by atoms with E-state index in [0.717, 1.165) is 18.5 Å². The number of aliphatic imine (C=N–C) groups is 1. The van der Waals surface area contributed by atoms with Crippen molar-refractivity contribution in [1.82, 2.24) is 4.90 Å². The Morgan fingerprint density at radius 2 is 1.79 bits per heavy atom. The standard InChI is InChI=1S/C18H32N4O2/c1-7-13(8-2)15(22(3)4)12-20-18(19)21-14-9-10-16(23-5)17(11-14)24-6/h9-11,13,15H,7-8,12H2,1-6H3,(H3,19,20,21). The molecule has 1 aromatic carbocycles. The van der Waals surface area contributed by atoms with Crippen LogP contribution in [0, 0.1) is 5.92 Å². The fourth-order valence-corrected chi connectivity index (χ4v) is 2.86. The van der Waals surface area contributed by atoms with Crippen LogP contribution in [-0.2, 0) is 0 Å². The first-order valence-corrected chi connectivity index (χ1v) is 8.42. The molecule has 1 atom stereocenters. The Labute approximate surface area is 146 Å². The molecule has 0 amide bonds. The van der Waals surface area contributed by atoms with Crippen molar-refractivity contribution < 1.29 is 9.47 Å². The van der Waals surface area contributed by atoms with Crippen LogP contribution in [0.1, 0.15) is 26.7 Å². The van der Waals surface area contributed by atoms with Gasteiger partial charge in [-0.3, -0.25) is 4.99 Å². The lowest BCUT2D eigenvalue weighted by Gasteiger charge is -2.30. The molecule has 1 unspecified atom stereocenters. The summed E-state index contributed by atoms with van der Waals surface area (Å²) in [5.41, 5.74) is 6.87. The van der Waals surface area contributed by atoms with Gasteiger partial charge >= 0.3 is 0 Å². The zero-order chi connectivity index (χ0) is 18.1. The van der Waals surface area contributed by atoms with Gasteiger partial charge in [-0.1, -0.05) is 26.7 Å². The van der Waals surface area contributed by atoms with E-state index in [1.54, 1.807) is 14.2 Å². The molecule has 0 saturated carbocycles. The number of benzene rings is 1. The summed E-state index contributed by atoms with van der Waals surface area (Å²) in [5.74, 6) is 2.34. The number of hydrogen-bond acceptors (Lipinski definition) is 4. The van der Waals surface area contributed by atoms with Crippen molar-refractivity contribution in [2.24, 2.45) is 16.6 Å². The molecule has 0 aliphatic carbocycles. The lowest BCUT2D eigenvalue weighted by molar-refractivity contribution is 0.206. The summed E-state index contributed by atoms with van der Waals surface area (Å²) in [4.78, 5) is 6.75. The molecule has 1 rings (SSSR count). The topological polar surface area (TPSA) is 72.1 Å². The van der Waals surface area contributed by atoms with E-state index in [1.807, 2.05) is 18.2 Å². The van der Waals surface area contributed by atoms with Gasteiger partial charge in [0.05, 0.1) is 20.8 Å². The quantitative estimate of drug-likeness (QED) is 0.536. The predicted octanol–water partition coefficient (Wildman–Crippen LogP) is 2.80. The van der Waals surface area contributed by atoms with Crippen LogP contribution in [-0.4, -0.2) is 51.8 Å². The van der Waals surface area contributed by atoms with E-state index in [4.69, 9.17) is 15.2 Å². The van der Waals surface area contributed by atoms with Gasteiger partial charge in [0.2, 0.25) is 0 Å². The Morgan fingerprint density at radius 3 is 2.29 bits per heavy atom. The number of anilines is 1. The van der Waals surface area contributed by atoms with Crippen LogP contribution in [0.15, 0.2) is 23.2 Å². The monoisotopic (exact) mass is 336 g/mol. The summed E-state index contributed by atoms with van der Waals surface area (Å²) < 4.78 is 10.5. The number of rotatable bonds is 9. The van der Waals surface area contributed by atoms with E-state index < -0.39 is 0 Å². The van der Waals surface area contributed by atoms with E-state index in [0.29, 0.717) is 36.0 Å². The van der Waals surface area contributed by atoms with Gasteiger partial charge in [-0.25, -0.2) is 0 Å². The SMILES string of the molecule is CCC(CC)C(CN=C(N)Nc1ccc(OC)c(OC)c1)N(C)C. The van der Waals surface area contributed by atoms with Crippen molar-refractivity contribution in [2.45, 2.75) is 32.7 Å². The highest BCUT2D eigenvalue weighted by molar-refractivity contribution is 5.92. The second-order valence-electron chi connectivity index (χ2n) is 6.03. The molecule has 1 aromatic rings. The van der Waals surface area contributed by atoms with E-state index in [1.165, 1.54) is 0 Å². The molecule has 0 bridgehead atoms. The van der Waals surface area contributed by atoms with Crippen LogP contribution in [0.3, 0.4) is 0 Å². The van der Waals surface area contributed by atoms with Gasteiger partial charge in [-0.05, 0) is 32.1 Å². The number of nitrogens with zero attached hydrogens (tertiary/aromatic N) is 2. The highest BCUT2D eigenvalue weighted by Crippen LogP contribution is 2.29. The first-order valence-electron chi connectivity index (χ1n) is 8.42. The molecule has 0 aliphatic heterocycles. The van der Waals surface area contributed by atoms with E-state index in [2.05, 4.69) is 43.2 Å². The number of nitrogens with two attached hydrogens (primary N) is 1. The van der Waals surface area contributed by atoms with Crippen molar-refractivity contribution in [3.63, 3.8) is 0 Å². The summed E-state index contributed by atoms with van der Waals surface area (Å²) in [5, 5.41) is 3.11. The summed E-state index contributed by atoms with van der Waals surface area (Å²) in [6, 6.07) is 5.94. The lowest BCUT2D eigenvalue weighted by atomic mass is 9.93. The third-order valence-electron chi connectivity index (χ3n) is 4.36. The molecule has 0 heterocycles. The molecule has 0 aromatic heterocycles. The first kappa shape index (κ1) is 20.1. The van der Waals surface area contributed by atoms with Gasteiger partial charge < -0.3 is 25.4 Å². The molecule has 3 N–H and O–H groups in total. The van der Waals surface area contributed by atoms with Crippen LogP contribution >= 0.6 is 0 Å². The van der Waals surface area contributed by atoms with E-state index in [-0.39, 0.29) is 0 Å². The van der Waals surface area contributed by atoms with Crippen molar-refractivity contribution in [2.75, 3.05) is 40.2 Å². The average Bonchev–Trinajstić information content (AvgIpc) is 2.58. The average molecular weight is 336 g/mol. The normalized spacial score (nSPS) is 13.2. The minimum absolute atomic E-state index is 0.380. The van der Waals surface area contributed by atoms with Crippen molar-refractivity contribution in [3.05, 3.63) is 18.2 Å². The zero-order valence-electron chi connectivity index (χ0n) is 15.8. The van der Waals surface area contributed by atoms with Crippen LogP contribution in [0.5, 0.6) is 11.5 Å². The fourth-order valence-electron chi connectivity index (χ4n) is 2.86. The highest BCUT2D eigenvalue weighted by Gasteiger charge is 2.20. The van der Waals surface area contributed by atoms with E-state index >= 15 is 0 Å². The highest BCUT2D eigenvalue weighted by atomic mass is 16.5. The second-order valence-corrected chi connectivity index (χ2v) is 6.03. The smallest absolute Gasteiger partial charge is 0.193 e. The van der Waals surface area contributed by atoms with Gasteiger partial charge in [0.15, 0.2) is 17.5 Å². The minimum Gasteiger partial charge on any atom is -0.493 e. The fraction of sp³-hybridized carbons (Fsp3) is 0.611. The maximum Gasteiger partial charge on any atom is 0.193 e. The number of nitrogens with one attached hydrogen (secondary N) is 1. The third-order valence-corrected chi connectivity index (χ3v) is 4.36. The Bertz CT molecular complexity index is 528. The van der Waals surface area contributed by atoms with Gasteiger partial charge in [-0.15, -0.1) is 0 Å². The molecule has 6 heteroatoms. The number of likely N-dealkylation sites (N-methyl/N-ethyl adjacent to an activating group) is 1. The lowest BCUT2D eigenvalue weighted by Crippen LogP contribution is -2.38. The maximum absolute atomic E-state index is 6.05. The summed E-state index contributed by atoms with van der Waals surface area (Å²) in [6.07, 6.45) is 2.27. The number of methoxy groups -OCH3 is 2. The summed E-state index contributed by atoms with van der Waals surface area (Å²) >= 11 is 0. The Balaban J connectivity index is 2.79. The maximum atomic E-state index is 6.05. The predicted molar refractivity (Wildman–Crippen MR) is 101 cm³/mol. The minimum atomic E-state index is 0.380. The van der Waals surface area contributed by atoms with Crippen LogP contribution in [0.4, 0.5) is 5.69 Å². The molecular weight excluding hydrogens is 304 g/mol. The summed E-state index contributed by atoms with van der Waals surface area (Å²) in [6.45, 7) is 5.12. The molecule has 136 valence electrons. The van der Waals surface area contributed by atoms with Gasteiger partial charge in [0.25, 0.3) is 0 Å². The Kier molecular flexibility index (Phi) is 8.40. The third kappa shape index (κ3) is 5.60. The zero-order valence-corrected chi connectivity index (χ0v) is 15.8.